The minimum Gasteiger partial charge on any atom is -0.0991 e. The average molecular weight is 228 g/mol. The van der Waals surface area contributed by atoms with Crippen molar-refractivity contribution < 1.29 is 0 Å². The summed E-state index contributed by atoms with van der Waals surface area (Å²) in [5, 5.41) is 0. The van der Waals surface area contributed by atoms with E-state index in [-0.39, 0.29) is 0 Å². The molecule has 0 rings (SSSR count). The van der Waals surface area contributed by atoms with Gasteiger partial charge in [0.1, 0.15) is 0 Å². The molecule has 0 bridgehead atoms. The van der Waals surface area contributed by atoms with Crippen molar-refractivity contribution in [2.75, 3.05) is 0 Å². The van der Waals surface area contributed by atoms with Crippen molar-refractivity contribution >= 4 is 34.8 Å². The standard InChI is InChI=1S/C7H7Cl3.C2H6/c1-3-5-6(4-2)7(8,9)10;1-2/h3-5H,1-2H2;1-2H3/b6-5+;. The van der Waals surface area contributed by atoms with Crippen molar-refractivity contribution in [3.05, 3.63) is 37.0 Å². The van der Waals surface area contributed by atoms with E-state index in [9.17, 15) is 0 Å². The maximum atomic E-state index is 5.52. The van der Waals surface area contributed by atoms with Crippen molar-refractivity contribution in [2.45, 2.75) is 17.6 Å². The van der Waals surface area contributed by atoms with Crippen LogP contribution in [0.2, 0.25) is 0 Å². The predicted molar refractivity (Wildman–Crippen MR) is 60.1 cm³/mol. The van der Waals surface area contributed by atoms with Crippen LogP contribution in [0.1, 0.15) is 13.8 Å². The topological polar surface area (TPSA) is 0 Å². The van der Waals surface area contributed by atoms with Crippen LogP contribution in [-0.4, -0.2) is 3.79 Å². The molecule has 0 saturated heterocycles. The largest absolute Gasteiger partial charge is 0.216 e. The van der Waals surface area contributed by atoms with Gasteiger partial charge in [-0.15, -0.1) is 0 Å². The van der Waals surface area contributed by atoms with Crippen molar-refractivity contribution in [2.24, 2.45) is 0 Å². The summed E-state index contributed by atoms with van der Waals surface area (Å²) in [7, 11) is 0. The van der Waals surface area contributed by atoms with Crippen LogP contribution in [0.3, 0.4) is 0 Å². The molecule has 12 heavy (non-hydrogen) atoms. The van der Waals surface area contributed by atoms with Gasteiger partial charge in [0.2, 0.25) is 3.79 Å². The van der Waals surface area contributed by atoms with Gasteiger partial charge in [-0.2, -0.15) is 0 Å². The zero-order chi connectivity index (χ0) is 10.2. The first kappa shape index (κ1) is 14.6. The lowest BCUT2D eigenvalue weighted by Crippen LogP contribution is -2.03. The monoisotopic (exact) mass is 226 g/mol. The lowest BCUT2D eigenvalue weighted by atomic mass is 10.3. The Kier molecular flexibility index (Phi) is 9.40. The quantitative estimate of drug-likeness (QED) is 0.475. The average Bonchev–Trinajstić information content (AvgIpc) is 2.02. The second-order valence-electron chi connectivity index (χ2n) is 1.56. The molecule has 0 aromatic carbocycles. The Morgan fingerprint density at radius 1 is 1.17 bits per heavy atom. The highest BCUT2D eigenvalue weighted by molar-refractivity contribution is 6.69. The summed E-state index contributed by atoms with van der Waals surface area (Å²) in [6.45, 7) is 10.9. The van der Waals surface area contributed by atoms with Crippen LogP contribution in [0.25, 0.3) is 0 Å². The van der Waals surface area contributed by atoms with E-state index < -0.39 is 3.79 Å². The molecule has 0 N–H and O–H groups in total. The molecule has 70 valence electrons. The fourth-order valence-corrected chi connectivity index (χ4v) is 0.826. The van der Waals surface area contributed by atoms with Gasteiger partial charge in [0.15, 0.2) is 0 Å². The second-order valence-corrected chi connectivity index (χ2v) is 3.84. The molecule has 0 atom stereocenters. The molecule has 0 aliphatic heterocycles. The van der Waals surface area contributed by atoms with Gasteiger partial charge in [-0.3, -0.25) is 0 Å². The summed E-state index contributed by atoms with van der Waals surface area (Å²) < 4.78 is -1.39. The van der Waals surface area contributed by atoms with Crippen molar-refractivity contribution in [1.29, 1.82) is 0 Å². The molecule has 0 amide bonds. The maximum Gasteiger partial charge on any atom is 0.216 e. The minimum atomic E-state index is -1.39. The van der Waals surface area contributed by atoms with Crippen molar-refractivity contribution in [1.82, 2.24) is 0 Å². The SMILES string of the molecule is C=C/C=C(\C=C)C(Cl)(Cl)Cl.CC. The van der Waals surface area contributed by atoms with E-state index in [1.54, 1.807) is 12.2 Å². The Morgan fingerprint density at radius 3 is 1.67 bits per heavy atom. The van der Waals surface area contributed by atoms with E-state index in [1.807, 2.05) is 13.8 Å². The molecule has 0 radical (unpaired) electrons. The maximum absolute atomic E-state index is 5.52. The first-order chi connectivity index (χ1) is 5.52. The first-order valence-electron chi connectivity index (χ1n) is 3.54. The fourth-order valence-electron chi connectivity index (χ4n) is 0.405. The summed E-state index contributed by atoms with van der Waals surface area (Å²) in [6.07, 6.45) is 4.62. The molecule has 0 heterocycles. The van der Waals surface area contributed by atoms with Crippen LogP contribution in [0.5, 0.6) is 0 Å². The lowest BCUT2D eigenvalue weighted by Gasteiger charge is -2.10. The van der Waals surface area contributed by atoms with E-state index in [1.165, 1.54) is 6.08 Å². The molecule has 0 aromatic heterocycles. The first-order valence-corrected chi connectivity index (χ1v) is 4.68. The van der Waals surface area contributed by atoms with Crippen LogP contribution in [-0.2, 0) is 0 Å². The smallest absolute Gasteiger partial charge is 0.0991 e. The van der Waals surface area contributed by atoms with Gasteiger partial charge < -0.3 is 0 Å². The second kappa shape index (κ2) is 7.72. The summed E-state index contributed by atoms with van der Waals surface area (Å²) in [5.41, 5.74) is 0.521. The molecule has 0 aliphatic carbocycles. The third-order valence-corrected chi connectivity index (χ3v) is 1.50. The van der Waals surface area contributed by atoms with E-state index in [0.29, 0.717) is 5.57 Å². The summed E-state index contributed by atoms with van der Waals surface area (Å²) >= 11 is 16.6. The zero-order valence-corrected chi connectivity index (χ0v) is 9.55. The highest BCUT2D eigenvalue weighted by atomic mass is 35.6. The Hall–Kier alpha value is 0.0900. The normalized spacial score (nSPS) is 11.2. The van der Waals surface area contributed by atoms with Crippen LogP contribution >= 0.6 is 34.8 Å². The molecular formula is C9H13Cl3. The number of rotatable bonds is 2. The number of hydrogen-bond donors (Lipinski definition) is 0. The van der Waals surface area contributed by atoms with Crippen molar-refractivity contribution in [3.63, 3.8) is 0 Å². The van der Waals surface area contributed by atoms with Gasteiger partial charge >= 0.3 is 0 Å². The molecule has 3 heteroatoms. The highest BCUT2D eigenvalue weighted by Gasteiger charge is 2.22. The fraction of sp³-hybridized carbons (Fsp3) is 0.333. The summed E-state index contributed by atoms with van der Waals surface area (Å²) in [5.74, 6) is 0. The zero-order valence-electron chi connectivity index (χ0n) is 7.28. The molecule has 0 saturated carbocycles. The third-order valence-electron chi connectivity index (χ3n) is 0.845. The lowest BCUT2D eigenvalue weighted by molar-refractivity contribution is 1.34. The molecule has 0 spiro atoms. The number of halogens is 3. The predicted octanol–water partition coefficient (Wildman–Crippen LogP) is 4.68. The molecule has 0 aliphatic rings. The van der Waals surface area contributed by atoms with E-state index in [2.05, 4.69) is 13.2 Å². The molecule has 0 unspecified atom stereocenters. The number of alkyl halides is 3. The summed E-state index contributed by atoms with van der Waals surface area (Å²) in [6, 6.07) is 0. The Balaban J connectivity index is 0. The van der Waals surface area contributed by atoms with E-state index >= 15 is 0 Å². The van der Waals surface area contributed by atoms with E-state index in [4.69, 9.17) is 34.8 Å². The van der Waals surface area contributed by atoms with E-state index in [0.717, 1.165) is 0 Å². The molecular weight excluding hydrogens is 214 g/mol. The highest BCUT2D eigenvalue weighted by Crippen LogP contribution is 2.34. The Bertz CT molecular complexity index is 163. The molecule has 0 nitrogen and oxygen atoms in total. The Labute approximate surface area is 89.5 Å². The summed E-state index contributed by atoms with van der Waals surface area (Å²) in [4.78, 5) is 0. The number of allylic oxidation sites excluding steroid dienone is 4. The molecule has 0 aromatic rings. The van der Waals surface area contributed by atoms with Gasteiger partial charge in [0.25, 0.3) is 0 Å². The van der Waals surface area contributed by atoms with Gasteiger partial charge in [0, 0.05) is 5.57 Å². The van der Waals surface area contributed by atoms with Crippen LogP contribution in [0.15, 0.2) is 37.0 Å². The van der Waals surface area contributed by atoms with Gasteiger partial charge in [-0.1, -0.05) is 80.0 Å². The number of hydrogen-bond acceptors (Lipinski definition) is 0. The van der Waals surface area contributed by atoms with Gasteiger partial charge in [0.05, 0.1) is 0 Å². The van der Waals surface area contributed by atoms with Crippen molar-refractivity contribution in [3.8, 4) is 0 Å². The van der Waals surface area contributed by atoms with Crippen LogP contribution in [0, 0.1) is 0 Å². The van der Waals surface area contributed by atoms with Gasteiger partial charge in [-0.05, 0) is 0 Å². The van der Waals surface area contributed by atoms with Crippen LogP contribution in [0.4, 0.5) is 0 Å². The van der Waals surface area contributed by atoms with Gasteiger partial charge in [-0.25, -0.2) is 0 Å². The third kappa shape index (κ3) is 6.78. The molecule has 0 fully saturated rings. The Morgan fingerprint density at radius 2 is 1.58 bits per heavy atom. The minimum absolute atomic E-state index is 0.521. The van der Waals surface area contributed by atoms with Crippen LogP contribution < -0.4 is 0 Å².